The van der Waals surface area contributed by atoms with Crippen LogP contribution in [0.15, 0.2) is 52.4 Å². The van der Waals surface area contributed by atoms with Crippen molar-refractivity contribution < 1.29 is 23.3 Å². The molecule has 0 fully saturated rings. The second-order valence-corrected chi connectivity index (χ2v) is 8.68. The number of hydrogen-bond acceptors (Lipinski definition) is 6. The van der Waals surface area contributed by atoms with Crippen molar-refractivity contribution in [2.45, 2.75) is 38.3 Å². The molecule has 3 aromatic rings. The van der Waals surface area contributed by atoms with E-state index in [1.54, 1.807) is 19.9 Å². The summed E-state index contributed by atoms with van der Waals surface area (Å²) in [6, 6.07) is 11.8. The van der Waals surface area contributed by atoms with Gasteiger partial charge in [-0.05, 0) is 56.7 Å². The molecule has 0 amide bonds. The van der Waals surface area contributed by atoms with Gasteiger partial charge in [-0.3, -0.25) is 4.99 Å². The molecule has 30 heavy (non-hydrogen) atoms. The maximum atomic E-state index is 12.5. The highest BCUT2D eigenvalue weighted by Gasteiger charge is 2.18. The van der Waals surface area contributed by atoms with Gasteiger partial charge in [0.1, 0.15) is 6.61 Å². The standard InChI is InChI=1S/C21H25N3O5S/c1-4-28-29-13-15-6-5-7-16(10-15)22-12-19-18-11-17(30(26,27)24-14(2)3)8-9-20(18)23-21(19)25/h5-12,14,23-25H,4,13H2,1-3H3. The predicted molar refractivity (Wildman–Crippen MR) is 116 cm³/mol. The van der Waals surface area contributed by atoms with Gasteiger partial charge in [0.25, 0.3) is 0 Å². The van der Waals surface area contributed by atoms with E-state index in [1.807, 2.05) is 31.2 Å². The maximum Gasteiger partial charge on any atom is 0.240 e. The molecule has 160 valence electrons. The number of sulfonamides is 1. The number of benzene rings is 2. The van der Waals surface area contributed by atoms with Crippen LogP contribution in [0.3, 0.4) is 0 Å². The van der Waals surface area contributed by atoms with Crippen molar-refractivity contribution in [2.75, 3.05) is 6.61 Å². The van der Waals surface area contributed by atoms with Crippen LogP contribution < -0.4 is 4.72 Å². The van der Waals surface area contributed by atoms with E-state index in [9.17, 15) is 13.5 Å². The molecule has 0 atom stereocenters. The molecule has 0 radical (unpaired) electrons. The van der Waals surface area contributed by atoms with Gasteiger partial charge in [0, 0.05) is 23.2 Å². The molecule has 0 aliphatic rings. The smallest absolute Gasteiger partial charge is 0.240 e. The third-order valence-electron chi connectivity index (χ3n) is 4.17. The fourth-order valence-corrected chi connectivity index (χ4v) is 4.19. The average molecular weight is 432 g/mol. The average Bonchev–Trinajstić information content (AvgIpc) is 3.00. The minimum Gasteiger partial charge on any atom is -0.494 e. The van der Waals surface area contributed by atoms with Crippen molar-refractivity contribution in [1.29, 1.82) is 0 Å². The molecule has 0 bridgehead atoms. The molecule has 3 N–H and O–H groups in total. The number of aliphatic imine (C=N–C) groups is 1. The molecular formula is C21H25N3O5S. The fourth-order valence-electron chi connectivity index (χ4n) is 2.91. The topological polar surface area (TPSA) is 113 Å². The number of nitrogens with one attached hydrogen (secondary N) is 2. The molecule has 0 saturated carbocycles. The zero-order valence-corrected chi connectivity index (χ0v) is 17.9. The Labute approximate surface area is 175 Å². The summed E-state index contributed by atoms with van der Waals surface area (Å²) in [5, 5.41) is 10.9. The van der Waals surface area contributed by atoms with Crippen LogP contribution in [0.2, 0.25) is 0 Å². The molecular weight excluding hydrogens is 406 g/mol. The van der Waals surface area contributed by atoms with Crippen molar-refractivity contribution >= 4 is 32.8 Å². The van der Waals surface area contributed by atoms with Crippen molar-refractivity contribution in [2.24, 2.45) is 4.99 Å². The lowest BCUT2D eigenvalue weighted by Crippen LogP contribution is -2.30. The summed E-state index contributed by atoms with van der Waals surface area (Å²) in [4.78, 5) is 17.3. The molecule has 0 spiro atoms. The van der Waals surface area contributed by atoms with E-state index in [0.717, 1.165) is 5.56 Å². The number of nitrogens with zero attached hydrogens (tertiary/aromatic N) is 1. The second kappa shape index (κ2) is 9.40. The van der Waals surface area contributed by atoms with E-state index in [-0.39, 0.29) is 16.8 Å². The van der Waals surface area contributed by atoms with Crippen molar-refractivity contribution in [3.05, 3.63) is 53.6 Å². The number of aromatic amines is 1. The van der Waals surface area contributed by atoms with Gasteiger partial charge in [-0.1, -0.05) is 12.1 Å². The fraction of sp³-hybridized carbons (Fsp3) is 0.286. The van der Waals surface area contributed by atoms with Gasteiger partial charge in [-0.15, -0.1) is 0 Å². The molecule has 8 nitrogen and oxygen atoms in total. The van der Waals surface area contributed by atoms with E-state index < -0.39 is 10.0 Å². The van der Waals surface area contributed by atoms with Crippen molar-refractivity contribution in [3.63, 3.8) is 0 Å². The third kappa shape index (κ3) is 5.25. The molecule has 2 aromatic carbocycles. The highest BCUT2D eigenvalue weighted by atomic mass is 32.2. The summed E-state index contributed by atoms with van der Waals surface area (Å²) in [7, 11) is -3.66. The van der Waals surface area contributed by atoms with Gasteiger partial charge in [0.05, 0.1) is 22.8 Å². The zero-order valence-electron chi connectivity index (χ0n) is 17.0. The third-order valence-corrected chi connectivity index (χ3v) is 5.83. The lowest BCUT2D eigenvalue weighted by atomic mass is 10.2. The molecule has 0 aliphatic carbocycles. The molecule has 3 rings (SSSR count). The Kier molecular flexibility index (Phi) is 6.88. The lowest BCUT2D eigenvalue weighted by Gasteiger charge is -2.09. The summed E-state index contributed by atoms with van der Waals surface area (Å²) >= 11 is 0. The molecule has 1 heterocycles. The highest BCUT2D eigenvalue weighted by Crippen LogP contribution is 2.28. The first-order chi connectivity index (χ1) is 14.3. The number of H-pyrrole nitrogens is 1. The Morgan fingerprint density at radius 1 is 1.20 bits per heavy atom. The quantitative estimate of drug-likeness (QED) is 0.207. The van der Waals surface area contributed by atoms with Gasteiger partial charge < -0.3 is 10.1 Å². The molecule has 0 saturated heterocycles. The zero-order chi connectivity index (χ0) is 21.7. The van der Waals surface area contributed by atoms with E-state index in [2.05, 4.69) is 14.7 Å². The molecule has 0 aliphatic heterocycles. The highest BCUT2D eigenvalue weighted by molar-refractivity contribution is 7.89. The predicted octanol–water partition coefficient (Wildman–Crippen LogP) is 3.78. The van der Waals surface area contributed by atoms with Crippen LogP contribution in [0.5, 0.6) is 5.88 Å². The summed E-state index contributed by atoms with van der Waals surface area (Å²) < 4.78 is 27.5. The summed E-state index contributed by atoms with van der Waals surface area (Å²) in [6.45, 7) is 6.10. The van der Waals surface area contributed by atoms with E-state index in [1.165, 1.54) is 18.3 Å². The first-order valence-corrected chi connectivity index (χ1v) is 11.0. The minimum atomic E-state index is -3.66. The Morgan fingerprint density at radius 2 is 2.00 bits per heavy atom. The largest absolute Gasteiger partial charge is 0.494 e. The van der Waals surface area contributed by atoms with E-state index in [0.29, 0.717) is 35.4 Å². The minimum absolute atomic E-state index is 0.0871. The Morgan fingerprint density at radius 3 is 2.73 bits per heavy atom. The number of aromatic hydroxyl groups is 1. The first-order valence-electron chi connectivity index (χ1n) is 9.54. The first kappa shape index (κ1) is 22.0. The van der Waals surface area contributed by atoms with E-state index >= 15 is 0 Å². The lowest BCUT2D eigenvalue weighted by molar-refractivity contribution is -0.300. The maximum absolute atomic E-state index is 12.5. The Balaban J connectivity index is 1.91. The van der Waals surface area contributed by atoms with Crippen LogP contribution in [-0.2, 0) is 26.4 Å². The van der Waals surface area contributed by atoms with Gasteiger partial charge >= 0.3 is 0 Å². The van der Waals surface area contributed by atoms with Crippen LogP contribution in [0, 0.1) is 0 Å². The van der Waals surface area contributed by atoms with Gasteiger partial charge in [0.15, 0.2) is 5.88 Å². The summed E-state index contributed by atoms with van der Waals surface area (Å²) in [5.41, 5.74) is 2.56. The number of fused-ring (bicyclic) bond motifs is 1. The summed E-state index contributed by atoms with van der Waals surface area (Å²) in [5.74, 6) is -0.0871. The Bertz CT molecular complexity index is 1150. The SMILES string of the molecule is CCOOCc1cccc(N=Cc2c(O)[nH]c3ccc(S(=O)(=O)NC(C)C)cc23)c1. The monoisotopic (exact) mass is 431 g/mol. The van der Waals surface area contributed by atoms with Gasteiger partial charge in [-0.2, -0.15) is 0 Å². The number of rotatable bonds is 9. The molecule has 1 aromatic heterocycles. The second-order valence-electron chi connectivity index (χ2n) is 6.97. The van der Waals surface area contributed by atoms with Crippen LogP contribution in [0.1, 0.15) is 31.9 Å². The van der Waals surface area contributed by atoms with Crippen molar-refractivity contribution in [1.82, 2.24) is 9.71 Å². The molecule has 9 heteroatoms. The summed E-state index contributed by atoms with van der Waals surface area (Å²) in [6.07, 6.45) is 1.50. The van der Waals surface area contributed by atoms with E-state index in [4.69, 9.17) is 9.78 Å². The molecule has 0 unspecified atom stereocenters. The van der Waals surface area contributed by atoms with Crippen LogP contribution in [0.25, 0.3) is 10.9 Å². The van der Waals surface area contributed by atoms with Crippen LogP contribution in [0.4, 0.5) is 5.69 Å². The van der Waals surface area contributed by atoms with Crippen molar-refractivity contribution in [3.8, 4) is 5.88 Å². The van der Waals surface area contributed by atoms with Gasteiger partial charge in [-0.25, -0.2) is 22.9 Å². The Hall–Kier alpha value is -2.72. The van der Waals surface area contributed by atoms with Crippen LogP contribution >= 0.6 is 0 Å². The van der Waals surface area contributed by atoms with Gasteiger partial charge in [0.2, 0.25) is 10.0 Å². The number of aromatic nitrogens is 1. The van der Waals surface area contributed by atoms with Crippen LogP contribution in [-0.4, -0.2) is 37.4 Å². The number of hydrogen-bond donors (Lipinski definition) is 3. The normalized spacial score (nSPS) is 12.4.